The Bertz CT molecular complexity index is 102. The summed E-state index contributed by atoms with van der Waals surface area (Å²) in [5.41, 5.74) is 0. The smallest absolute Gasteiger partial charge is 0.0622 e. The maximum Gasteiger partial charge on any atom is 0.0622 e. The summed E-state index contributed by atoms with van der Waals surface area (Å²) in [5.74, 6) is 1.27. The van der Waals surface area contributed by atoms with Gasteiger partial charge < -0.3 is 10.1 Å². The van der Waals surface area contributed by atoms with Crippen molar-refractivity contribution in [3.8, 4) is 0 Å². The van der Waals surface area contributed by atoms with Gasteiger partial charge in [0.1, 0.15) is 0 Å². The van der Waals surface area contributed by atoms with Crippen LogP contribution in [0.15, 0.2) is 0 Å². The number of nitrogens with one attached hydrogen (secondary N) is 1. The lowest BCUT2D eigenvalue weighted by Gasteiger charge is -2.20. The van der Waals surface area contributed by atoms with Gasteiger partial charge in [0, 0.05) is 12.6 Å². The zero-order valence-corrected chi connectivity index (χ0v) is 9.05. The second kappa shape index (κ2) is 6.44. The summed E-state index contributed by atoms with van der Waals surface area (Å²) in [7, 11) is 1.99. The van der Waals surface area contributed by atoms with Crippen molar-refractivity contribution >= 4 is 0 Å². The molecule has 0 radical (unpaired) electrons. The van der Waals surface area contributed by atoms with Gasteiger partial charge in [-0.2, -0.15) is 0 Å². The van der Waals surface area contributed by atoms with E-state index in [0.717, 1.165) is 13.2 Å². The van der Waals surface area contributed by atoms with Crippen LogP contribution in [0.1, 0.15) is 27.7 Å². The van der Waals surface area contributed by atoms with E-state index in [4.69, 9.17) is 4.74 Å². The molecule has 0 spiro atoms. The van der Waals surface area contributed by atoms with Crippen molar-refractivity contribution in [3.63, 3.8) is 0 Å². The van der Waals surface area contributed by atoms with E-state index in [1.807, 2.05) is 7.05 Å². The Balaban J connectivity index is 3.45. The number of rotatable bonds is 6. The third kappa shape index (κ3) is 5.56. The standard InChI is InChI=1S/C10H23NO/c1-8(2)6-12-7-10(11-5)9(3)4/h8-11H,6-7H2,1-5H3. The Morgan fingerprint density at radius 2 is 1.67 bits per heavy atom. The molecule has 1 N–H and O–H groups in total. The fourth-order valence-corrected chi connectivity index (χ4v) is 1.04. The lowest BCUT2D eigenvalue weighted by atomic mass is 10.1. The first-order valence-corrected chi connectivity index (χ1v) is 4.83. The van der Waals surface area contributed by atoms with Crippen molar-refractivity contribution < 1.29 is 4.74 Å². The molecule has 0 fully saturated rings. The molecular weight excluding hydrogens is 150 g/mol. The highest BCUT2D eigenvalue weighted by molar-refractivity contribution is 4.67. The summed E-state index contributed by atoms with van der Waals surface area (Å²) in [4.78, 5) is 0. The molecule has 0 saturated carbocycles. The van der Waals surface area contributed by atoms with Crippen LogP contribution in [0, 0.1) is 11.8 Å². The minimum atomic E-state index is 0.490. The van der Waals surface area contributed by atoms with Crippen LogP contribution in [0.25, 0.3) is 0 Å². The molecule has 0 amide bonds. The first kappa shape index (κ1) is 11.9. The van der Waals surface area contributed by atoms with Crippen molar-refractivity contribution in [2.45, 2.75) is 33.7 Å². The third-order valence-electron chi connectivity index (χ3n) is 1.92. The van der Waals surface area contributed by atoms with Crippen molar-refractivity contribution in [1.82, 2.24) is 5.32 Å². The molecule has 0 aliphatic rings. The van der Waals surface area contributed by atoms with Gasteiger partial charge in [-0.1, -0.05) is 27.7 Å². The fraction of sp³-hybridized carbons (Fsp3) is 1.00. The second-order valence-electron chi connectivity index (χ2n) is 4.07. The fourth-order valence-electron chi connectivity index (χ4n) is 1.04. The van der Waals surface area contributed by atoms with E-state index >= 15 is 0 Å². The summed E-state index contributed by atoms with van der Waals surface area (Å²) in [6.45, 7) is 10.4. The zero-order chi connectivity index (χ0) is 9.56. The summed E-state index contributed by atoms with van der Waals surface area (Å²) in [6.07, 6.45) is 0. The van der Waals surface area contributed by atoms with E-state index in [9.17, 15) is 0 Å². The number of hydrogen-bond acceptors (Lipinski definition) is 2. The molecule has 1 unspecified atom stereocenters. The Morgan fingerprint density at radius 3 is 2.00 bits per heavy atom. The largest absolute Gasteiger partial charge is 0.380 e. The number of ether oxygens (including phenoxy) is 1. The first-order valence-electron chi connectivity index (χ1n) is 4.83. The number of hydrogen-bond donors (Lipinski definition) is 1. The van der Waals surface area contributed by atoms with Crippen LogP contribution in [0.2, 0.25) is 0 Å². The molecule has 2 nitrogen and oxygen atoms in total. The Hall–Kier alpha value is -0.0800. The highest BCUT2D eigenvalue weighted by atomic mass is 16.5. The van der Waals surface area contributed by atoms with Gasteiger partial charge in [0.25, 0.3) is 0 Å². The minimum absolute atomic E-state index is 0.490. The van der Waals surface area contributed by atoms with Crippen LogP contribution in [-0.4, -0.2) is 26.3 Å². The lowest BCUT2D eigenvalue weighted by Crippen LogP contribution is -2.35. The average molecular weight is 173 g/mol. The zero-order valence-electron chi connectivity index (χ0n) is 9.05. The molecule has 0 aromatic carbocycles. The molecule has 1 atom stereocenters. The molecule has 74 valence electrons. The van der Waals surface area contributed by atoms with Crippen LogP contribution in [0.3, 0.4) is 0 Å². The molecule has 0 aliphatic heterocycles. The van der Waals surface area contributed by atoms with Gasteiger partial charge in [-0.25, -0.2) is 0 Å². The van der Waals surface area contributed by atoms with Crippen molar-refractivity contribution in [2.24, 2.45) is 11.8 Å². The lowest BCUT2D eigenvalue weighted by molar-refractivity contribution is 0.0813. The maximum absolute atomic E-state index is 5.55. The normalized spacial score (nSPS) is 14.2. The molecule has 0 bridgehead atoms. The van der Waals surface area contributed by atoms with E-state index in [1.54, 1.807) is 0 Å². The van der Waals surface area contributed by atoms with E-state index < -0.39 is 0 Å². The molecule has 0 aromatic rings. The topological polar surface area (TPSA) is 21.3 Å². The van der Waals surface area contributed by atoms with Gasteiger partial charge in [-0.15, -0.1) is 0 Å². The maximum atomic E-state index is 5.55. The van der Waals surface area contributed by atoms with Crippen molar-refractivity contribution in [3.05, 3.63) is 0 Å². The van der Waals surface area contributed by atoms with Crippen LogP contribution < -0.4 is 5.32 Å². The van der Waals surface area contributed by atoms with Gasteiger partial charge in [0.15, 0.2) is 0 Å². The first-order chi connectivity index (χ1) is 5.57. The number of likely N-dealkylation sites (N-methyl/N-ethyl adjacent to an activating group) is 1. The molecule has 0 saturated heterocycles. The summed E-state index contributed by atoms with van der Waals surface area (Å²) >= 11 is 0. The minimum Gasteiger partial charge on any atom is -0.380 e. The Kier molecular flexibility index (Phi) is 6.39. The van der Waals surface area contributed by atoms with Crippen LogP contribution in [0.5, 0.6) is 0 Å². The Labute approximate surface area is 76.7 Å². The molecular formula is C10H23NO. The van der Waals surface area contributed by atoms with Gasteiger partial charge in [-0.3, -0.25) is 0 Å². The molecule has 0 rings (SSSR count). The summed E-state index contributed by atoms with van der Waals surface area (Å²) in [6, 6.07) is 0.490. The van der Waals surface area contributed by atoms with Gasteiger partial charge in [0.05, 0.1) is 6.61 Å². The third-order valence-corrected chi connectivity index (χ3v) is 1.92. The van der Waals surface area contributed by atoms with Crippen LogP contribution >= 0.6 is 0 Å². The predicted octanol–water partition coefficient (Wildman–Crippen LogP) is 1.90. The SMILES string of the molecule is CNC(COCC(C)C)C(C)C. The van der Waals surface area contributed by atoms with Crippen molar-refractivity contribution in [2.75, 3.05) is 20.3 Å². The second-order valence-corrected chi connectivity index (χ2v) is 4.07. The van der Waals surface area contributed by atoms with E-state index in [-0.39, 0.29) is 0 Å². The average Bonchev–Trinajstić information content (AvgIpc) is 1.96. The van der Waals surface area contributed by atoms with E-state index in [1.165, 1.54) is 0 Å². The van der Waals surface area contributed by atoms with Gasteiger partial charge in [0.2, 0.25) is 0 Å². The van der Waals surface area contributed by atoms with Crippen molar-refractivity contribution in [1.29, 1.82) is 0 Å². The molecule has 12 heavy (non-hydrogen) atoms. The summed E-state index contributed by atoms with van der Waals surface area (Å²) in [5, 5.41) is 3.25. The molecule has 0 heterocycles. The molecule has 0 aromatic heterocycles. The predicted molar refractivity (Wildman–Crippen MR) is 53.3 cm³/mol. The Morgan fingerprint density at radius 1 is 1.08 bits per heavy atom. The van der Waals surface area contributed by atoms with Gasteiger partial charge in [-0.05, 0) is 18.9 Å². The monoisotopic (exact) mass is 173 g/mol. The van der Waals surface area contributed by atoms with Crippen LogP contribution in [0.4, 0.5) is 0 Å². The van der Waals surface area contributed by atoms with E-state index in [0.29, 0.717) is 17.9 Å². The highest BCUT2D eigenvalue weighted by Crippen LogP contribution is 2.02. The molecule has 2 heteroatoms. The quantitative estimate of drug-likeness (QED) is 0.662. The summed E-state index contributed by atoms with van der Waals surface area (Å²) < 4.78 is 5.55. The van der Waals surface area contributed by atoms with Crippen LogP contribution in [-0.2, 0) is 4.74 Å². The van der Waals surface area contributed by atoms with E-state index in [2.05, 4.69) is 33.0 Å². The van der Waals surface area contributed by atoms with Gasteiger partial charge >= 0.3 is 0 Å². The molecule has 0 aliphatic carbocycles. The highest BCUT2D eigenvalue weighted by Gasteiger charge is 2.10.